The second-order valence-electron chi connectivity index (χ2n) is 2.80. The molecule has 0 aromatic carbocycles. The van der Waals surface area contributed by atoms with Crippen LogP contribution in [0.2, 0.25) is 0 Å². The lowest BCUT2D eigenvalue weighted by molar-refractivity contribution is 0.0958. The Hall–Kier alpha value is -0.900. The lowest BCUT2D eigenvalue weighted by atomic mass is 10.2. The summed E-state index contributed by atoms with van der Waals surface area (Å²) in [6.45, 7) is 4.12. The zero-order chi connectivity index (χ0) is 9.14. The molecule has 1 aromatic rings. The summed E-state index contributed by atoms with van der Waals surface area (Å²) in [5.41, 5.74) is 0.520. The molecule has 0 radical (unpaired) electrons. The van der Waals surface area contributed by atoms with Crippen LogP contribution in [0.4, 0.5) is 0 Å². The fraction of sp³-hybridized carbons (Fsp3) is 0.500. The van der Waals surface area contributed by atoms with E-state index in [-0.39, 0.29) is 5.91 Å². The number of carbonyl (C=O) groups excluding carboxylic acids is 1. The van der Waals surface area contributed by atoms with Gasteiger partial charge >= 0.3 is 0 Å². The topological polar surface area (TPSA) is 42.0 Å². The number of aromatic nitrogens is 1. The van der Waals surface area contributed by atoms with Gasteiger partial charge in [0.2, 0.25) is 0 Å². The number of rotatable bonds is 2. The minimum absolute atomic E-state index is 0.113. The molecule has 12 heavy (non-hydrogen) atoms. The van der Waals surface area contributed by atoms with Crippen molar-refractivity contribution in [2.45, 2.75) is 19.8 Å². The van der Waals surface area contributed by atoms with E-state index in [4.69, 9.17) is 0 Å². The normalized spacial score (nSPS) is 10.3. The van der Waals surface area contributed by atoms with E-state index in [0.717, 1.165) is 5.01 Å². The molecule has 0 aliphatic heterocycles. The summed E-state index contributed by atoms with van der Waals surface area (Å²) in [7, 11) is 1.61. The Kier molecular flexibility index (Phi) is 2.81. The minimum Gasteiger partial charge on any atom is -0.354 e. The van der Waals surface area contributed by atoms with Gasteiger partial charge < -0.3 is 5.32 Å². The first-order chi connectivity index (χ1) is 5.65. The zero-order valence-corrected chi connectivity index (χ0v) is 8.23. The highest BCUT2D eigenvalue weighted by atomic mass is 32.1. The molecule has 0 atom stereocenters. The number of carbonyl (C=O) groups is 1. The van der Waals surface area contributed by atoms with Crippen molar-refractivity contribution in [1.29, 1.82) is 0 Å². The first-order valence-corrected chi connectivity index (χ1v) is 4.70. The molecule has 66 valence electrons. The summed E-state index contributed by atoms with van der Waals surface area (Å²) in [6, 6.07) is 0. The van der Waals surface area contributed by atoms with Crippen molar-refractivity contribution in [1.82, 2.24) is 10.3 Å². The van der Waals surface area contributed by atoms with Gasteiger partial charge in [-0.3, -0.25) is 4.79 Å². The quantitative estimate of drug-likeness (QED) is 0.759. The van der Waals surface area contributed by atoms with E-state index in [2.05, 4.69) is 24.1 Å². The van der Waals surface area contributed by atoms with E-state index >= 15 is 0 Å². The highest BCUT2D eigenvalue weighted by Crippen LogP contribution is 2.18. The number of amides is 1. The maximum atomic E-state index is 11.1. The molecule has 3 nitrogen and oxygen atoms in total. The fourth-order valence-corrected chi connectivity index (χ4v) is 1.60. The molecule has 0 saturated heterocycles. The average Bonchev–Trinajstić information content (AvgIpc) is 2.51. The number of thiazole rings is 1. The lowest BCUT2D eigenvalue weighted by Gasteiger charge is -1.96. The Bertz CT molecular complexity index is 280. The van der Waals surface area contributed by atoms with Crippen LogP contribution in [0.1, 0.15) is 35.3 Å². The van der Waals surface area contributed by atoms with E-state index in [9.17, 15) is 4.79 Å². The summed E-state index contributed by atoms with van der Waals surface area (Å²) in [6.07, 6.45) is 0. The van der Waals surface area contributed by atoms with Gasteiger partial charge in [-0.25, -0.2) is 4.98 Å². The number of hydrogen-bond donors (Lipinski definition) is 1. The van der Waals surface area contributed by atoms with Gasteiger partial charge in [0, 0.05) is 18.3 Å². The summed E-state index contributed by atoms with van der Waals surface area (Å²) >= 11 is 1.53. The summed E-state index contributed by atoms with van der Waals surface area (Å²) < 4.78 is 0. The van der Waals surface area contributed by atoms with Crippen LogP contribution in [0.3, 0.4) is 0 Å². The predicted molar refractivity (Wildman–Crippen MR) is 49.6 cm³/mol. The molecule has 1 heterocycles. The molecule has 1 rings (SSSR count). The smallest absolute Gasteiger partial charge is 0.270 e. The van der Waals surface area contributed by atoms with Gasteiger partial charge in [-0.15, -0.1) is 11.3 Å². The highest BCUT2D eigenvalue weighted by molar-refractivity contribution is 7.09. The van der Waals surface area contributed by atoms with Crippen LogP contribution < -0.4 is 5.32 Å². The molecule has 1 aromatic heterocycles. The second-order valence-corrected chi connectivity index (χ2v) is 3.69. The zero-order valence-electron chi connectivity index (χ0n) is 7.42. The second kappa shape index (κ2) is 3.67. The molecule has 0 fully saturated rings. The van der Waals surface area contributed by atoms with Gasteiger partial charge in [0.25, 0.3) is 5.91 Å². The highest BCUT2D eigenvalue weighted by Gasteiger charge is 2.10. The van der Waals surface area contributed by atoms with Crippen LogP contribution in [0.15, 0.2) is 5.38 Å². The van der Waals surface area contributed by atoms with Crippen LogP contribution >= 0.6 is 11.3 Å². The van der Waals surface area contributed by atoms with Gasteiger partial charge in [-0.1, -0.05) is 13.8 Å². The number of nitrogens with one attached hydrogen (secondary N) is 1. The molecule has 1 N–H and O–H groups in total. The maximum absolute atomic E-state index is 11.1. The van der Waals surface area contributed by atoms with E-state index in [0.29, 0.717) is 11.6 Å². The third-order valence-electron chi connectivity index (χ3n) is 1.48. The van der Waals surface area contributed by atoms with Crippen molar-refractivity contribution in [3.05, 3.63) is 16.1 Å². The molecular formula is C8H12N2OS. The Morgan fingerprint density at radius 2 is 2.33 bits per heavy atom. The maximum Gasteiger partial charge on any atom is 0.270 e. The Labute approximate surface area is 75.8 Å². The standard InChI is InChI=1S/C8H12N2OS/c1-5(2)8-10-6(4-12-8)7(11)9-3/h4-5H,1-3H3,(H,9,11). The first kappa shape index (κ1) is 9.19. The Balaban J connectivity index is 2.84. The number of hydrogen-bond acceptors (Lipinski definition) is 3. The molecule has 0 bridgehead atoms. The Morgan fingerprint density at radius 3 is 2.75 bits per heavy atom. The Morgan fingerprint density at radius 1 is 1.67 bits per heavy atom. The SMILES string of the molecule is CNC(=O)c1csc(C(C)C)n1. The van der Waals surface area contributed by atoms with Crippen molar-refractivity contribution in [3.8, 4) is 0 Å². The van der Waals surface area contributed by atoms with Gasteiger partial charge in [-0.2, -0.15) is 0 Å². The van der Waals surface area contributed by atoms with Crippen LogP contribution in [-0.2, 0) is 0 Å². The third kappa shape index (κ3) is 1.82. The van der Waals surface area contributed by atoms with Gasteiger partial charge in [0.1, 0.15) is 5.69 Å². The van der Waals surface area contributed by atoms with Crippen LogP contribution in [-0.4, -0.2) is 17.9 Å². The molecule has 0 saturated carbocycles. The molecule has 1 amide bonds. The van der Waals surface area contributed by atoms with E-state index < -0.39 is 0 Å². The molecule has 0 spiro atoms. The predicted octanol–water partition coefficient (Wildman–Crippen LogP) is 1.63. The molecular weight excluding hydrogens is 172 g/mol. The molecule has 4 heteroatoms. The van der Waals surface area contributed by atoms with E-state index in [1.54, 1.807) is 12.4 Å². The minimum atomic E-state index is -0.113. The van der Waals surface area contributed by atoms with Crippen LogP contribution in [0.25, 0.3) is 0 Å². The third-order valence-corrected chi connectivity index (χ3v) is 2.62. The van der Waals surface area contributed by atoms with Crippen LogP contribution in [0.5, 0.6) is 0 Å². The average molecular weight is 184 g/mol. The monoisotopic (exact) mass is 184 g/mol. The summed E-state index contributed by atoms with van der Waals surface area (Å²) in [5.74, 6) is 0.284. The summed E-state index contributed by atoms with van der Waals surface area (Å²) in [4.78, 5) is 15.3. The van der Waals surface area contributed by atoms with Crippen LogP contribution in [0, 0.1) is 0 Å². The molecule has 0 unspecified atom stereocenters. The lowest BCUT2D eigenvalue weighted by Crippen LogP contribution is -2.18. The van der Waals surface area contributed by atoms with Crippen molar-refractivity contribution in [2.75, 3.05) is 7.05 Å². The fourth-order valence-electron chi connectivity index (χ4n) is 0.785. The first-order valence-electron chi connectivity index (χ1n) is 3.82. The molecule has 0 aliphatic carbocycles. The van der Waals surface area contributed by atoms with Gasteiger partial charge in [0.15, 0.2) is 0 Å². The van der Waals surface area contributed by atoms with Crippen molar-refractivity contribution in [2.24, 2.45) is 0 Å². The summed E-state index contributed by atoms with van der Waals surface area (Å²) in [5, 5.41) is 5.33. The van der Waals surface area contributed by atoms with Crippen molar-refractivity contribution >= 4 is 17.2 Å². The van der Waals surface area contributed by atoms with E-state index in [1.165, 1.54) is 11.3 Å². The largest absolute Gasteiger partial charge is 0.354 e. The van der Waals surface area contributed by atoms with Crippen molar-refractivity contribution in [3.63, 3.8) is 0 Å². The van der Waals surface area contributed by atoms with Crippen molar-refractivity contribution < 1.29 is 4.79 Å². The van der Waals surface area contributed by atoms with E-state index in [1.807, 2.05) is 0 Å². The number of nitrogens with zero attached hydrogens (tertiary/aromatic N) is 1. The van der Waals surface area contributed by atoms with Gasteiger partial charge in [0.05, 0.1) is 5.01 Å². The van der Waals surface area contributed by atoms with Gasteiger partial charge in [-0.05, 0) is 0 Å². The molecule has 0 aliphatic rings.